The van der Waals surface area contributed by atoms with Gasteiger partial charge in [0.1, 0.15) is 11.5 Å². The second kappa shape index (κ2) is 4.18. The zero-order chi connectivity index (χ0) is 10.7. The van der Waals surface area contributed by atoms with Crippen molar-refractivity contribution in [2.24, 2.45) is 0 Å². The highest BCUT2D eigenvalue weighted by atomic mass is 16.5. The molecule has 76 valence electrons. The van der Waals surface area contributed by atoms with Crippen LogP contribution < -0.4 is 4.74 Å². The lowest BCUT2D eigenvalue weighted by Crippen LogP contribution is -1.87. The number of rotatable bonds is 2. The van der Waals surface area contributed by atoms with E-state index in [1.807, 2.05) is 49.4 Å². The molecule has 0 unspecified atom stereocenters. The molecule has 15 heavy (non-hydrogen) atoms. The molecule has 0 aromatic heterocycles. The van der Waals surface area contributed by atoms with E-state index in [4.69, 9.17) is 4.74 Å². The minimum Gasteiger partial charge on any atom is -0.457 e. The minimum atomic E-state index is 0.893. The van der Waals surface area contributed by atoms with Gasteiger partial charge in [-0.1, -0.05) is 30.3 Å². The number of benzene rings is 2. The van der Waals surface area contributed by atoms with E-state index < -0.39 is 0 Å². The lowest BCUT2D eigenvalue weighted by atomic mass is 10.2. The highest BCUT2D eigenvalue weighted by molar-refractivity contribution is 5.37. The Morgan fingerprint density at radius 2 is 1.67 bits per heavy atom. The van der Waals surface area contributed by atoms with Crippen molar-refractivity contribution in [3.8, 4) is 11.5 Å². The van der Waals surface area contributed by atoms with Crippen LogP contribution >= 0.6 is 0 Å². The molecule has 0 aliphatic carbocycles. The predicted octanol–water partition coefficient (Wildman–Crippen LogP) is 4.10. The van der Waals surface area contributed by atoms with E-state index in [0.29, 0.717) is 0 Å². The van der Waals surface area contributed by atoms with Gasteiger partial charge in [0.2, 0.25) is 0 Å². The highest BCUT2D eigenvalue weighted by Crippen LogP contribution is 2.24. The fourth-order valence-corrected chi connectivity index (χ4v) is 1.48. The van der Waals surface area contributed by atoms with E-state index in [1.165, 1.54) is 5.56 Å². The molecule has 2 rings (SSSR count). The largest absolute Gasteiger partial charge is 0.457 e. The molecule has 1 heteroatoms. The maximum absolute atomic E-state index is 5.79. The van der Waals surface area contributed by atoms with Crippen LogP contribution in [0.3, 0.4) is 0 Å². The number of ether oxygens (including phenoxy) is 1. The van der Waals surface area contributed by atoms with Crippen LogP contribution in [0.1, 0.15) is 11.1 Å². The lowest BCUT2D eigenvalue weighted by molar-refractivity contribution is 0.478. The number of aryl methyl sites for hydroxylation is 2. The van der Waals surface area contributed by atoms with Crippen molar-refractivity contribution in [3.63, 3.8) is 0 Å². The molecular weight excluding hydrogens is 184 g/mol. The lowest BCUT2D eigenvalue weighted by Gasteiger charge is -2.08. The van der Waals surface area contributed by atoms with Crippen molar-refractivity contribution in [2.45, 2.75) is 13.8 Å². The van der Waals surface area contributed by atoms with Crippen LogP contribution in [-0.2, 0) is 0 Å². The van der Waals surface area contributed by atoms with Gasteiger partial charge in [-0.3, -0.25) is 0 Å². The first-order valence-corrected chi connectivity index (χ1v) is 5.06. The molecule has 0 spiro atoms. The van der Waals surface area contributed by atoms with E-state index in [0.717, 1.165) is 17.1 Å². The Bertz CT molecular complexity index is 460. The normalized spacial score (nSPS) is 10.0. The van der Waals surface area contributed by atoms with Crippen molar-refractivity contribution in [3.05, 3.63) is 59.7 Å². The fourth-order valence-electron chi connectivity index (χ4n) is 1.48. The van der Waals surface area contributed by atoms with Crippen molar-refractivity contribution in [2.75, 3.05) is 0 Å². The van der Waals surface area contributed by atoms with Crippen LogP contribution in [0.2, 0.25) is 0 Å². The van der Waals surface area contributed by atoms with Gasteiger partial charge in [0.15, 0.2) is 0 Å². The molecule has 0 atom stereocenters. The van der Waals surface area contributed by atoms with Crippen molar-refractivity contribution >= 4 is 0 Å². The van der Waals surface area contributed by atoms with Crippen LogP contribution in [0.15, 0.2) is 48.5 Å². The molecule has 0 N–H and O–H groups in total. The summed E-state index contributed by atoms with van der Waals surface area (Å²) < 4.78 is 5.79. The first-order chi connectivity index (χ1) is 7.25. The zero-order valence-electron chi connectivity index (χ0n) is 9.03. The third-order valence-electron chi connectivity index (χ3n) is 2.31. The average Bonchev–Trinajstić information content (AvgIpc) is 2.22. The molecule has 0 aliphatic heterocycles. The minimum absolute atomic E-state index is 0.893. The van der Waals surface area contributed by atoms with Gasteiger partial charge in [-0.2, -0.15) is 0 Å². The second-order valence-corrected chi connectivity index (χ2v) is 3.68. The number of para-hydroxylation sites is 1. The third kappa shape index (κ3) is 2.38. The quantitative estimate of drug-likeness (QED) is 0.706. The summed E-state index contributed by atoms with van der Waals surface area (Å²) in [6, 6.07) is 16.1. The molecule has 0 saturated heterocycles. The Morgan fingerprint density at radius 3 is 2.40 bits per heavy atom. The van der Waals surface area contributed by atoms with Crippen LogP contribution in [0.4, 0.5) is 0 Å². The van der Waals surface area contributed by atoms with E-state index >= 15 is 0 Å². The van der Waals surface area contributed by atoms with Gasteiger partial charge < -0.3 is 4.74 Å². The third-order valence-corrected chi connectivity index (χ3v) is 2.31. The van der Waals surface area contributed by atoms with E-state index in [1.54, 1.807) is 0 Å². The van der Waals surface area contributed by atoms with Gasteiger partial charge in [0.25, 0.3) is 0 Å². The first-order valence-electron chi connectivity index (χ1n) is 5.06. The van der Waals surface area contributed by atoms with E-state index in [9.17, 15) is 0 Å². The fraction of sp³-hybridized carbons (Fsp3) is 0.143. The topological polar surface area (TPSA) is 9.23 Å². The molecule has 2 aromatic rings. The van der Waals surface area contributed by atoms with Gasteiger partial charge in [-0.25, -0.2) is 0 Å². The molecule has 0 bridgehead atoms. The summed E-state index contributed by atoms with van der Waals surface area (Å²) in [5.41, 5.74) is 2.36. The summed E-state index contributed by atoms with van der Waals surface area (Å²) in [4.78, 5) is 0. The summed E-state index contributed by atoms with van der Waals surface area (Å²) in [6.45, 7) is 4.11. The summed E-state index contributed by atoms with van der Waals surface area (Å²) >= 11 is 0. The molecule has 2 aromatic carbocycles. The van der Waals surface area contributed by atoms with Crippen molar-refractivity contribution in [1.82, 2.24) is 0 Å². The van der Waals surface area contributed by atoms with Gasteiger partial charge in [0.05, 0.1) is 0 Å². The summed E-state index contributed by atoms with van der Waals surface area (Å²) in [7, 11) is 0. The van der Waals surface area contributed by atoms with Crippen LogP contribution in [0.25, 0.3) is 0 Å². The van der Waals surface area contributed by atoms with Crippen LogP contribution in [0.5, 0.6) is 11.5 Å². The monoisotopic (exact) mass is 198 g/mol. The van der Waals surface area contributed by atoms with E-state index in [-0.39, 0.29) is 0 Å². The Morgan fingerprint density at radius 1 is 0.867 bits per heavy atom. The van der Waals surface area contributed by atoms with Crippen LogP contribution in [-0.4, -0.2) is 0 Å². The summed E-state index contributed by atoms with van der Waals surface area (Å²) in [5, 5.41) is 0. The van der Waals surface area contributed by atoms with Gasteiger partial charge in [-0.05, 0) is 43.2 Å². The Labute approximate surface area is 90.3 Å². The SMILES string of the molecule is Cc1cccc(Oc2ccccc2C)c1. The maximum atomic E-state index is 5.79. The Balaban J connectivity index is 2.26. The average molecular weight is 198 g/mol. The maximum Gasteiger partial charge on any atom is 0.130 e. The molecule has 0 fully saturated rings. The smallest absolute Gasteiger partial charge is 0.130 e. The predicted molar refractivity (Wildman–Crippen MR) is 62.4 cm³/mol. The molecule has 1 nitrogen and oxygen atoms in total. The molecule has 0 saturated carbocycles. The highest BCUT2D eigenvalue weighted by Gasteiger charge is 1.99. The summed E-state index contributed by atoms with van der Waals surface area (Å²) in [6.07, 6.45) is 0. The van der Waals surface area contributed by atoms with Crippen LogP contribution in [0, 0.1) is 13.8 Å². The Hall–Kier alpha value is -1.76. The van der Waals surface area contributed by atoms with Gasteiger partial charge in [0, 0.05) is 0 Å². The first kappa shape index (κ1) is 9.78. The molecule has 0 amide bonds. The standard InChI is InChI=1S/C14H14O/c1-11-6-5-8-13(10-11)15-14-9-4-3-7-12(14)2/h3-10H,1-2H3. The molecular formula is C14H14O. The molecule has 0 radical (unpaired) electrons. The number of hydrogen-bond acceptors (Lipinski definition) is 1. The number of hydrogen-bond donors (Lipinski definition) is 0. The van der Waals surface area contributed by atoms with Crippen molar-refractivity contribution < 1.29 is 4.74 Å². The Kier molecular flexibility index (Phi) is 2.72. The summed E-state index contributed by atoms with van der Waals surface area (Å²) in [5.74, 6) is 1.81. The van der Waals surface area contributed by atoms with Gasteiger partial charge in [-0.15, -0.1) is 0 Å². The second-order valence-electron chi connectivity index (χ2n) is 3.68. The molecule has 0 heterocycles. The zero-order valence-corrected chi connectivity index (χ0v) is 9.03. The molecule has 0 aliphatic rings. The van der Waals surface area contributed by atoms with Crippen molar-refractivity contribution in [1.29, 1.82) is 0 Å². The van der Waals surface area contributed by atoms with E-state index in [2.05, 4.69) is 13.0 Å². The van der Waals surface area contributed by atoms with Gasteiger partial charge >= 0.3 is 0 Å².